The maximum atomic E-state index is 13.7. The number of nitrogens with one attached hydrogen (secondary N) is 1. The van der Waals surface area contributed by atoms with Crippen molar-refractivity contribution in [3.63, 3.8) is 0 Å². The Balaban J connectivity index is 1.68. The topological polar surface area (TPSA) is 15.3 Å². The molecule has 3 heteroatoms. The zero-order valence-electron chi connectivity index (χ0n) is 11.4. The lowest BCUT2D eigenvalue weighted by atomic mass is 10.0. The summed E-state index contributed by atoms with van der Waals surface area (Å²) in [6.07, 6.45) is 0. The molecular weight excluding hydrogens is 251 g/mol. The molecule has 2 aromatic carbocycles. The van der Waals surface area contributed by atoms with Crippen LogP contribution in [0.3, 0.4) is 0 Å². The molecular formula is C17H19FN2. The minimum absolute atomic E-state index is 0.109. The van der Waals surface area contributed by atoms with Gasteiger partial charge in [-0.25, -0.2) is 4.39 Å². The first-order valence-electron chi connectivity index (χ1n) is 7.07. The van der Waals surface area contributed by atoms with E-state index < -0.39 is 0 Å². The van der Waals surface area contributed by atoms with Crippen LogP contribution in [-0.4, -0.2) is 24.5 Å². The molecule has 0 radical (unpaired) electrons. The molecule has 1 atom stereocenters. The number of benzene rings is 2. The second-order valence-corrected chi connectivity index (χ2v) is 5.24. The summed E-state index contributed by atoms with van der Waals surface area (Å²) < 4.78 is 13.7. The Morgan fingerprint density at radius 1 is 1.05 bits per heavy atom. The summed E-state index contributed by atoms with van der Waals surface area (Å²) in [5.74, 6) is -0.109. The fourth-order valence-electron chi connectivity index (χ4n) is 2.73. The first kappa shape index (κ1) is 13.3. The highest BCUT2D eigenvalue weighted by molar-refractivity contribution is 5.21. The first-order valence-corrected chi connectivity index (χ1v) is 7.07. The Labute approximate surface area is 119 Å². The summed E-state index contributed by atoms with van der Waals surface area (Å²) in [5.41, 5.74) is 2.08. The van der Waals surface area contributed by atoms with Crippen LogP contribution >= 0.6 is 0 Å². The lowest BCUT2D eigenvalue weighted by Gasteiger charge is -2.34. The van der Waals surface area contributed by atoms with E-state index >= 15 is 0 Å². The van der Waals surface area contributed by atoms with Crippen molar-refractivity contribution in [2.45, 2.75) is 12.6 Å². The van der Waals surface area contributed by atoms with Crippen molar-refractivity contribution in [1.29, 1.82) is 0 Å². The van der Waals surface area contributed by atoms with Gasteiger partial charge in [-0.1, -0.05) is 48.5 Å². The third-order valence-electron chi connectivity index (χ3n) is 3.81. The minimum atomic E-state index is -0.109. The van der Waals surface area contributed by atoms with Crippen molar-refractivity contribution in [3.05, 3.63) is 71.5 Å². The van der Waals surface area contributed by atoms with Crippen molar-refractivity contribution >= 4 is 0 Å². The van der Waals surface area contributed by atoms with Crippen LogP contribution in [0.15, 0.2) is 54.6 Å². The molecule has 1 N–H and O–H groups in total. The van der Waals surface area contributed by atoms with Crippen LogP contribution in [0.2, 0.25) is 0 Å². The average molecular weight is 270 g/mol. The van der Waals surface area contributed by atoms with Gasteiger partial charge in [0.2, 0.25) is 0 Å². The highest BCUT2D eigenvalue weighted by atomic mass is 19.1. The fourth-order valence-corrected chi connectivity index (χ4v) is 2.73. The molecule has 1 heterocycles. The predicted octanol–water partition coefficient (Wildman–Crippen LogP) is 2.97. The van der Waals surface area contributed by atoms with Gasteiger partial charge in [-0.05, 0) is 11.6 Å². The maximum Gasteiger partial charge on any atom is 0.127 e. The van der Waals surface area contributed by atoms with E-state index in [9.17, 15) is 4.39 Å². The van der Waals surface area contributed by atoms with Gasteiger partial charge < -0.3 is 5.32 Å². The van der Waals surface area contributed by atoms with Crippen molar-refractivity contribution < 1.29 is 4.39 Å². The van der Waals surface area contributed by atoms with E-state index in [-0.39, 0.29) is 5.82 Å². The van der Waals surface area contributed by atoms with Crippen LogP contribution in [0.1, 0.15) is 17.2 Å². The van der Waals surface area contributed by atoms with Crippen LogP contribution in [0.5, 0.6) is 0 Å². The molecule has 2 nitrogen and oxygen atoms in total. The quantitative estimate of drug-likeness (QED) is 0.922. The van der Waals surface area contributed by atoms with Crippen molar-refractivity contribution in [2.24, 2.45) is 0 Å². The third-order valence-corrected chi connectivity index (χ3v) is 3.81. The molecule has 0 aromatic heterocycles. The lowest BCUT2D eigenvalue weighted by molar-refractivity contribution is 0.191. The number of nitrogens with zero attached hydrogens (tertiary/aromatic N) is 1. The molecule has 1 aliphatic heterocycles. The minimum Gasteiger partial charge on any atom is -0.308 e. The van der Waals surface area contributed by atoms with E-state index in [4.69, 9.17) is 0 Å². The molecule has 0 saturated carbocycles. The summed E-state index contributed by atoms with van der Waals surface area (Å²) >= 11 is 0. The van der Waals surface area contributed by atoms with Gasteiger partial charge in [-0.2, -0.15) is 0 Å². The maximum absolute atomic E-state index is 13.7. The molecule has 0 bridgehead atoms. The van der Waals surface area contributed by atoms with Crippen molar-refractivity contribution in [1.82, 2.24) is 10.2 Å². The van der Waals surface area contributed by atoms with E-state index in [1.807, 2.05) is 18.2 Å². The van der Waals surface area contributed by atoms with E-state index in [2.05, 4.69) is 34.5 Å². The predicted molar refractivity (Wildman–Crippen MR) is 78.9 cm³/mol. The van der Waals surface area contributed by atoms with Gasteiger partial charge in [0.1, 0.15) is 5.82 Å². The fraction of sp³-hybridized carbons (Fsp3) is 0.294. The van der Waals surface area contributed by atoms with Gasteiger partial charge in [0.15, 0.2) is 0 Å². The van der Waals surface area contributed by atoms with Gasteiger partial charge in [-0.3, -0.25) is 4.90 Å². The highest BCUT2D eigenvalue weighted by Gasteiger charge is 2.21. The van der Waals surface area contributed by atoms with Crippen LogP contribution in [0, 0.1) is 5.82 Å². The molecule has 3 rings (SSSR count). The Hall–Kier alpha value is -1.71. The number of rotatable bonds is 3. The van der Waals surface area contributed by atoms with Crippen LogP contribution in [0.4, 0.5) is 4.39 Å². The average Bonchev–Trinajstić information content (AvgIpc) is 2.51. The molecule has 0 spiro atoms. The largest absolute Gasteiger partial charge is 0.308 e. The molecule has 2 aromatic rings. The Morgan fingerprint density at radius 3 is 2.60 bits per heavy atom. The summed E-state index contributed by atoms with van der Waals surface area (Å²) in [4.78, 5) is 2.31. The lowest BCUT2D eigenvalue weighted by Crippen LogP contribution is -2.45. The summed E-state index contributed by atoms with van der Waals surface area (Å²) in [6.45, 7) is 3.49. The first-order chi connectivity index (χ1) is 9.83. The number of hydrogen-bond acceptors (Lipinski definition) is 2. The molecule has 1 aliphatic rings. The van der Waals surface area contributed by atoms with Gasteiger partial charge in [0.05, 0.1) is 0 Å². The second-order valence-electron chi connectivity index (χ2n) is 5.24. The molecule has 1 saturated heterocycles. The molecule has 20 heavy (non-hydrogen) atoms. The molecule has 0 aliphatic carbocycles. The van der Waals surface area contributed by atoms with Crippen LogP contribution in [-0.2, 0) is 6.54 Å². The molecule has 1 unspecified atom stereocenters. The van der Waals surface area contributed by atoms with E-state index in [1.54, 1.807) is 6.07 Å². The zero-order chi connectivity index (χ0) is 13.8. The Bertz CT molecular complexity index is 556. The molecule has 104 valence electrons. The summed E-state index contributed by atoms with van der Waals surface area (Å²) in [7, 11) is 0. The number of hydrogen-bond donors (Lipinski definition) is 1. The summed E-state index contributed by atoms with van der Waals surface area (Å²) in [5, 5.41) is 3.53. The summed E-state index contributed by atoms with van der Waals surface area (Å²) in [6, 6.07) is 17.8. The van der Waals surface area contributed by atoms with Gasteiger partial charge in [0, 0.05) is 37.8 Å². The van der Waals surface area contributed by atoms with E-state index in [0.29, 0.717) is 12.6 Å². The van der Waals surface area contributed by atoms with Crippen LogP contribution < -0.4 is 5.32 Å². The van der Waals surface area contributed by atoms with Gasteiger partial charge in [0.25, 0.3) is 0 Å². The zero-order valence-corrected chi connectivity index (χ0v) is 11.4. The van der Waals surface area contributed by atoms with E-state index in [1.165, 1.54) is 11.6 Å². The Kier molecular flexibility index (Phi) is 4.09. The number of halogens is 1. The van der Waals surface area contributed by atoms with Gasteiger partial charge in [-0.15, -0.1) is 0 Å². The van der Waals surface area contributed by atoms with Crippen LogP contribution in [0.25, 0.3) is 0 Å². The van der Waals surface area contributed by atoms with Crippen molar-refractivity contribution in [3.8, 4) is 0 Å². The Morgan fingerprint density at radius 2 is 1.80 bits per heavy atom. The molecule has 0 amide bonds. The SMILES string of the molecule is Fc1ccccc1CN1CCNC(c2ccccc2)C1. The monoisotopic (exact) mass is 270 g/mol. The molecule has 1 fully saturated rings. The van der Waals surface area contributed by atoms with E-state index in [0.717, 1.165) is 25.2 Å². The second kappa shape index (κ2) is 6.16. The normalized spacial score (nSPS) is 19.9. The number of piperazine rings is 1. The standard InChI is InChI=1S/C17H19FN2/c18-16-9-5-4-8-15(16)12-20-11-10-19-17(13-20)14-6-2-1-3-7-14/h1-9,17,19H,10-13H2. The van der Waals surface area contributed by atoms with Gasteiger partial charge >= 0.3 is 0 Å². The third kappa shape index (κ3) is 3.06. The van der Waals surface area contributed by atoms with Crippen molar-refractivity contribution in [2.75, 3.05) is 19.6 Å². The smallest absolute Gasteiger partial charge is 0.127 e. The highest BCUT2D eigenvalue weighted by Crippen LogP contribution is 2.19.